The second-order valence-corrected chi connectivity index (χ2v) is 9.78. The molecule has 146 valence electrons. The standard InChI is InChI=1S/C17H23N5O3S2/c1-3-13(2)21(15-9-10-27(24,25)12-15)16(23)11-26-17-18-19-20-22(17)14-7-5-4-6-8-14/h4-8,13,15H,3,9-12H2,1-2H3/t13-,15-/m0/s1. The molecule has 8 nitrogen and oxygen atoms in total. The molecular weight excluding hydrogens is 386 g/mol. The predicted molar refractivity (Wildman–Crippen MR) is 104 cm³/mol. The average Bonchev–Trinajstić information content (AvgIpc) is 3.27. The predicted octanol–water partition coefficient (Wildman–Crippen LogP) is 1.57. The van der Waals surface area contributed by atoms with Crippen LogP contribution in [0, 0.1) is 0 Å². The van der Waals surface area contributed by atoms with Crippen molar-refractivity contribution in [3.05, 3.63) is 30.3 Å². The largest absolute Gasteiger partial charge is 0.335 e. The minimum atomic E-state index is -3.05. The average molecular weight is 410 g/mol. The maximum atomic E-state index is 12.9. The molecule has 0 radical (unpaired) electrons. The molecule has 3 rings (SSSR count). The third-order valence-electron chi connectivity index (χ3n) is 4.72. The molecule has 1 saturated heterocycles. The van der Waals surface area contributed by atoms with Gasteiger partial charge in [0.1, 0.15) is 0 Å². The fourth-order valence-electron chi connectivity index (χ4n) is 3.20. The van der Waals surface area contributed by atoms with E-state index in [-0.39, 0.29) is 35.2 Å². The maximum absolute atomic E-state index is 12.9. The summed E-state index contributed by atoms with van der Waals surface area (Å²) >= 11 is 1.26. The van der Waals surface area contributed by atoms with Crippen molar-refractivity contribution < 1.29 is 13.2 Å². The van der Waals surface area contributed by atoms with E-state index in [2.05, 4.69) is 15.5 Å². The highest BCUT2D eigenvalue weighted by atomic mass is 32.2. The number of sulfone groups is 1. The first-order valence-corrected chi connectivity index (χ1v) is 11.7. The summed E-state index contributed by atoms with van der Waals surface area (Å²) in [6, 6.07) is 9.20. The molecule has 2 aromatic rings. The fourth-order valence-corrected chi connectivity index (χ4v) is 5.67. The number of hydrogen-bond acceptors (Lipinski definition) is 7. The van der Waals surface area contributed by atoms with Gasteiger partial charge in [-0.2, -0.15) is 4.68 Å². The van der Waals surface area contributed by atoms with Crippen molar-refractivity contribution in [1.29, 1.82) is 0 Å². The molecule has 2 heterocycles. The molecule has 10 heteroatoms. The minimum Gasteiger partial charge on any atom is -0.335 e. The maximum Gasteiger partial charge on any atom is 0.233 e. The van der Waals surface area contributed by atoms with E-state index in [1.54, 1.807) is 9.58 Å². The second kappa shape index (κ2) is 8.39. The van der Waals surface area contributed by atoms with Gasteiger partial charge in [-0.25, -0.2) is 8.42 Å². The number of thioether (sulfide) groups is 1. The Hall–Kier alpha value is -1.94. The number of benzene rings is 1. The van der Waals surface area contributed by atoms with Crippen LogP contribution in [0.15, 0.2) is 35.5 Å². The molecule has 0 aliphatic carbocycles. The highest BCUT2D eigenvalue weighted by Crippen LogP contribution is 2.24. The summed E-state index contributed by atoms with van der Waals surface area (Å²) in [6.45, 7) is 3.96. The lowest BCUT2D eigenvalue weighted by Gasteiger charge is -2.33. The first-order chi connectivity index (χ1) is 12.9. The monoisotopic (exact) mass is 409 g/mol. The smallest absolute Gasteiger partial charge is 0.233 e. The van der Waals surface area contributed by atoms with Gasteiger partial charge in [0, 0.05) is 12.1 Å². The van der Waals surface area contributed by atoms with Crippen LogP contribution in [0.25, 0.3) is 5.69 Å². The Balaban J connectivity index is 1.71. The summed E-state index contributed by atoms with van der Waals surface area (Å²) < 4.78 is 25.3. The Morgan fingerprint density at radius 2 is 2.11 bits per heavy atom. The minimum absolute atomic E-state index is 0.0125. The molecule has 0 saturated carbocycles. The lowest BCUT2D eigenvalue weighted by atomic mass is 10.1. The van der Waals surface area contributed by atoms with E-state index in [4.69, 9.17) is 0 Å². The van der Waals surface area contributed by atoms with E-state index in [9.17, 15) is 13.2 Å². The molecule has 0 bridgehead atoms. The highest BCUT2D eigenvalue weighted by Gasteiger charge is 2.36. The van der Waals surface area contributed by atoms with Crippen LogP contribution >= 0.6 is 11.8 Å². The quantitative estimate of drug-likeness (QED) is 0.640. The first kappa shape index (κ1) is 19.8. The third kappa shape index (κ3) is 4.67. The molecule has 1 aliphatic rings. The number of nitrogens with zero attached hydrogens (tertiary/aromatic N) is 5. The van der Waals surface area contributed by atoms with Crippen LogP contribution in [0.1, 0.15) is 26.7 Å². The molecule has 0 N–H and O–H groups in total. The van der Waals surface area contributed by atoms with Crippen LogP contribution in [0.2, 0.25) is 0 Å². The van der Waals surface area contributed by atoms with E-state index in [0.29, 0.717) is 11.6 Å². The Morgan fingerprint density at radius 3 is 2.74 bits per heavy atom. The molecule has 0 spiro atoms. The zero-order valence-electron chi connectivity index (χ0n) is 15.4. The number of amides is 1. The summed E-state index contributed by atoms with van der Waals surface area (Å²) in [6.07, 6.45) is 1.28. The van der Waals surface area contributed by atoms with Crippen molar-refractivity contribution >= 4 is 27.5 Å². The van der Waals surface area contributed by atoms with Crippen LogP contribution < -0.4 is 0 Å². The number of aromatic nitrogens is 4. The first-order valence-electron chi connectivity index (χ1n) is 8.89. The second-order valence-electron chi connectivity index (χ2n) is 6.61. The van der Waals surface area contributed by atoms with E-state index < -0.39 is 9.84 Å². The SMILES string of the molecule is CC[C@H](C)N(C(=O)CSc1nnnn1-c1ccccc1)[C@H]1CCS(=O)(=O)C1. The third-order valence-corrected chi connectivity index (χ3v) is 7.38. The van der Waals surface area contributed by atoms with Crippen LogP contribution in [-0.4, -0.2) is 68.8 Å². The van der Waals surface area contributed by atoms with Crippen LogP contribution in [0.4, 0.5) is 0 Å². The van der Waals surface area contributed by atoms with Gasteiger partial charge in [0.2, 0.25) is 11.1 Å². The molecule has 0 unspecified atom stereocenters. The van der Waals surface area contributed by atoms with Crippen LogP contribution in [0.5, 0.6) is 0 Å². The Morgan fingerprint density at radius 1 is 1.37 bits per heavy atom. The fraction of sp³-hybridized carbons (Fsp3) is 0.529. The molecule has 27 heavy (non-hydrogen) atoms. The van der Waals surface area contributed by atoms with Crippen LogP contribution in [0.3, 0.4) is 0 Å². The molecule has 1 amide bonds. The van der Waals surface area contributed by atoms with Crippen molar-refractivity contribution in [1.82, 2.24) is 25.1 Å². The van der Waals surface area contributed by atoms with Gasteiger partial charge in [-0.1, -0.05) is 36.9 Å². The van der Waals surface area contributed by atoms with Crippen molar-refractivity contribution in [3.8, 4) is 5.69 Å². The molecule has 1 aromatic carbocycles. The Labute approximate surface area is 163 Å². The normalized spacial score (nSPS) is 19.7. The lowest BCUT2D eigenvalue weighted by Crippen LogP contribution is -2.47. The number of hydrogen-bond donors (Lipinski definition) is 0. The zero-order valence-corrected chi connectivity index (χ0v) is 17.0. The van der Waals surface area contributed by atoms with Gasteiger partial charge in [0.05, 0.1) is 22.9 Å². The van der Waals surface area contributed by atoms with Crippen molar-refractivity contribution in [3.63, 3.8) is 0 Å². The topological polar surface area (TPSA) is 98.1 Å². The van der Waals surface area contributed by atoms with Gasteiger partial charge >= 0.3 is 0 Å². The number of tetrazole rings is 1. The number of carbonyl (C=O) groups is 1. The van der Waals surface area contributed by atoms with Crippen LogP contribution in [-0.2, 0) is 14.6 Å². The number of para-hydroxylation sites is 1. The van der Waals surface area contributed by atoms with Gasteiger partial charge in [-0.3, -0.25) is 4.79 Å². The molecule has 1 aromatic heterocycles. The summed E-state index contributed by atoms with van der Waals surface area (Å²) in [5, 5.41) is 12.2. The van der Waals surface area contributed by atoms with Gasteiger partial charge in [0.15, 0.2) is 9.84 Å². The zero-order chi connectivity index (χ0) is 19.4. The van der Waals surface area contributed by atoms with E-state index in [1.807, 2.05) is 44.2 Å². The Bertz CT molecular complexity index is 885. The number of rotatable bonds is 7. The van der Waals surface area contributed by atoms with Gasteiger partial charge in [-0.15, -0.1) is 5.10 Å². The van der Waals surface area contributed by atoms with E-state index in [1.165, 1.54) is 11.8 Å². The number of carbonyl (C=O) groups excluding carboxylic acids is 1. The van der Waals surface area contributed by atoms with Crippen molar-refractivity contribution in [2.75, 3.05) is 17.3 Å². The Kier molecular flexibility index (Phi) is 6.15. The lowest BCUT2D eigenvalue weighted by molar-refractivity contribution is -0.132. The molecule has 1 fully saturated rings. The summed E-state index contributed by atoms with van der Waals surface area (Å²) in [7, 11) is -3.05. The van der Waals surface area contributed by atoms with Gasteiger partial charge in [0.25, 0.3) is 0 Å². The van der Waals surface area contributed by atoms with Gasteiger partial charge in [-0.05, 0) is 42.3 Å². The van der Waals surface area contributed by atoms with E-state index >= 15 is 0 Å². The molecule has 2 atom stereocenters. The van der Waals surface area contributed by atoms with Gasteiger partial charge < -0.3 is 4.90 Å². The van der Waals surface area contributed by atoms with E-state index in [0.717, 1.165) is 12.1 Å². The molecular formula is C17H23N5O3S2. The molecule has 1 aliphatic heterocycles. The summed E-state index contributed by atoms with van der Waals surface area (Å²) in [5.41, 5.74) is 0.818. The summed E-state index contributed by atoms with van der Waals surface area (Å²) in [4.78, 5) is 14.7. The van der Waals surface area contributed by atoms with Crippen molar-refractivity contribution in [2.24, 2.45) is 0 Å². The summed E-state index contributed by atoms with van der Waals surface area (Å²) in [5.74, 6) is 0.278. The highest BCUT2D eigenvalue weighted by molar-refractivity contribution is 7.99. The van der Waals surface area contributed by atoms with Crippen molar-refractivity contribution in [2.45, 2.75) is 43.9 Å².